The molecule has 0 radical (unpaired) electrons. The van der Waals surface area contributed by atoms with Crippen molar-refractivity contribution in [3.05, 3.63) is 71.3 Å². The van der Waals surface area contributed by atoms with Crippen molar-refractivity contribution in [2.24, 2.45) is 11.7 Å². The number of hydrogen-bond acceptors (Lipinski definition) is 6. The summed E-state index contributed by atoms with van der Waals surface area (Å²) in [6.07, 6.45) is 3.31. The standard InChI is InChI=1S/C29H38N4O5/c30-27(35)26(23-6-2-1-3-7-23)31-28(36)25-9-5-4-8-24(25)22-12-10-21(11-13-22)20-38-29(37)33-16-14-32(15-17-33)18-19-34/h1-3,6-7,10-13,24-26,34H,4-5,8-9,14-20H2,(H2,30,35)(H,31,36)/t24?,25-,26+/m1/s1. The van der Waals surface area contributed by atoms with E-state index in [0.29, 0.717) is 25.2 Å². The molecule has 3 amide bonds. The summed E-state index contributed by atoms with van der Waals surface area (Å²) in [7, 11) is 0. The Morgan fingerprint density at radius 3 is 2.32 bits per heavy atom. The summed E-state index contributed by atoms with van der Waals surface area (Å²) in [6, 6.07) is 16.1. The highest BCUT2D eigenvalue weighted by molar-refractivity contribution is 5.89. The molecule has 204 valence electrons. The Morgan fingerprint density at radius 2 is 1.66 bits per heavy atom. The summed E-state index contributed by atoms with van der Waals surface area (Å²) in [5.41, 5.74) is 8.24. The number of piperazine rings is 1. The molecule has 1 aliphatic heterocycles. The maximum Gasteiger partial charge on any atom is 0.410 e. The Bertz CT molecular complexity index is 1070. The van der Waals surface area contributed by atoms with Crippen molar-refractivity contribution in [1.82, 2.24) is 15.1 Å². The van der Waals surface area contributed by atoms with E-state index in [-0.39, 0.29) is 37.0 Å². The quantitative estimate of drug-likeness (QED) is 0.465. The number of amides is 3. The largest absolute Gasteiger partial charge is 0.445 e. The number of rotatable bonds is 9. The first-order valence-corrected chi connectivity index (χ1v) is 13.4. The molecular formula is C29H38N4O5. The van der Waals surface area contributed by atoms with Crippen LogP contribution in [0.1, 0.15) is 54.3 Å². The minimum Gasteiger partial charge on any atom is -0.445 e. The summed E-state index contributed by atoms with van der Waals surface area (Å²) in [4.78, 5) is 41.7. The lowest BCUT2D eigenvalue weighted by Gasteiger charge is -2.33. The predicted molar refractivity (Wildman–Crippen MR) is 143 cm³/mol. The molecule has 4 rings (SSSR count). The number of aliphatic hydroxyl groups excluding tert-OH is 1. The third-order valence-corrected chi connectivity index (χ3v) is 7.62. The van der Waals surface area contributed by atoms with Crippen LogP contribution in [0.4, 0.5) is 4.79 Å². The Hall–Kier alpha value is -3.43. The maximum atomic E-state index is 13.3. The fraction of sp³-hybridized carbons (Fsp3) is 0.483. The molecule has 2 fully saturated rings. The second-order valence-corrected chi connectivity index (χ2v) is 10.1. The average molecular weight is 523 g/mol. The first kappa shape index (κ1) is 27.6. The number of benzene rings is 2. The molecule has 1 saturated carbocycles. The lowest BCUT2D eigenvalue weighted by molar-refractivity contribution is -0.131. The van der Waals surface area contributed by atoms with Crippen LogP contribution in [0.25, 0.3) is 0 Å². The number of nitrogens with zero attached hydrogens (tertiary/aromatic N) is 2. The molecule has 0 spiro atoms. The number of aliphatic hydroxyl groups is 1. The van der Waals surface area contributed by atoms with Gasteiger partial charge in [-0.2, -0.15) is 0 Å². The Morgan fingerprint density at radius 1 is 0.974 bits per heavy atom. The van der Waals surface area contributed by atoms with Crippen molar-refractivity contribution in [2.75, 3.05) is 39.3 Å². The van der Waals surface area contributed by atoms with Crippen LogP contribution >= 0.6 is 0 Å². The van der Waals surface area contributed by atoms with Gasteiger partial charge in [0.1, 0.15) is 12.6 Å². The minimum absolute atomic E-state index is 0.0415. The summed E-state index contributed by atoms with van der Waals surface area (Å²) in [5.74, 6) is -0.940. The molecule has 4 N–H and O–H groups in total. The lowest BCUT2D eigenvalue weighted by Crippen LogP contribution is -2.49. The van der Waals surface area contributed by atoms with Crippen molar-refractivity contribution in [2.45, 2.75) is 44.2 Å². The molecular weight excluding hydrogens is 484 g/mol. The van der Waals surface area contributed by atoms with Crippen LogP contribution in [0.15, 0.2) is 54.6 Å². The molecule has 3 atom stereocenters. The van der Waals surface area contributed by atoms with Crippen molar-refractivity contribution < 1.29 is 24.2 Å². The molecule has 38 heavy (non-hydrogen) atoms. The lowest BCUT2D eigenvalue weighted by atomic mass is 9.74. The summed E-state index contributed by atoms with van der Waals surface area (Å²) in [5, 5.41) is 12.0. The van der Waals surface area contributed by atoms with Crippen molar-refractivity contribution >= 4 is 17.9 Å². The number of hydrogen-bond donors (Lipinski definition) is 3. The SMILES string of the molecule is NC(=O)[C@@H](NC(=O)[C@@H]1CCCCC1c1ccc(COC(=O)N2CCN(CCO)CC2)cc1)c1ccccc1. The number of carbonyl (C=O) groups excluding carboxylic acids is 3. The molecule has 1 unspecified atom stereocenters. The van der Waals surface area contributed by atoms with Crippen LogP contribution in [0.2, 0.25) is 0 Å². The van der Waals surface area contributed by atoms with Gasteiger partial charge >= 0.3 is 6.09 Å². The van der Waals surface area contributed by atoms with Crippen LogP contribution in [0.5, 0.6) is 0 Å². The monoisotopic (exact) mass is 522 g/mol. The first-order valence-electron chi connectivity index (χ1n) is 13.4. The Kier molecular flexibility index (Phi) is 9.73. The number of β-amino-alcohol motifs (C(OH)–C–C–N with tert-alkyl or cyclic N) is 1. The van der Waals surface area contributed by atoms with Gasteiger partial charge in [-0.15, -0.1) is 0 Å². The van der Waals surface area contributed by atoms with Gasteiger partial charge < -0.3 is 25.8 Å². The van der Waals surface area contributed by atoms with E-state index >= 15 is 0 Å². The third-order valence-electron chi connectivity index (χ3n) is 7.62. The maximum absolute atomic E-state index is 13.3. The highest BCUT2D eigenvalue weighted by atomic mass is 16.6. The van der Waals surface area contributed by atoms with Gasteiger partial charge in [0.25, 0.3) is 0 Å². The number of carbonyl (C=O) groups is 3. The van der Waals surface area contributed by atoms with E-state index in [0.717, 1.165) is 49.9 Å². The van der Waals surface area contributed by atoms with E-state index in [4.69, 9.17) is 15.6 Å². The summed E-state index contributed by atoms with van der Waals surface area (Å²) >= 11 is 0. The molecule has 2 aromatic rings. The van der Waals surface area contributed by atoms with E-state index in [1.165, 1.54) is 0 Å². The van der Waals surface area contributed by atoms with E-state index in [2.05, 4.69) is 10.2 Å². The second-order valence-electron chi connectivity index (χ2n) is 10.1. The second kappa shape index (κ2) is 13.4. The summed E-state index contributed by atoms with van der Waals surface area (Å²) in [6.45, 7) is 3.55. The van der Waals surface area contributed by atoms with Gasteiger partial charge in [-0.1, -0.05) is 67.4 Å². The van der Waals surface area contributed by atoms with Crippen LogP contribution in [0, 0.1) is 5.92 Å². The van der Waals surface area contributed by atoms with Crippen molar-refractivity contribution in [3.8, 4) is 0 Å². The molecule has 9 nitrogen and oxygen atoms in total. The van der Waals surface area contributed by atoms with Crippen LogP contribution in [0.3, 0.4) is 0 Å². The third kappa shape index (κ3) is 7.11. The van der Waals surface area contributed by atoms with Gasteiger partial charge in [-0.25, -0.2) is 4.79 Å². The molecule has 2 aromatic carbocycles. The van der Waals surface area contributed by atoms with E-state index in [9.17, 15) is 14.4 Å². The molecule has 1 heterocycles. The fourth-order valence-corrected chi connectivity index (χ4v) is 5.45. The highest BCUT2D eigenvalue weighted by Gasteiger charge is 2.34. The Balaban J connectivity index is 1.34. The van der Waals surface area contributed by atoms with Gasteiger partial charge in [0, 0.05) is 38.6 Å². The topological polar surface area (TPSA) is 125 Å². The van der Waals surface area contributed by atoms with E-state index in [1.807, 2.05) is 42.5 Å². The Labute approximate surface area is 223 Å². The average Bonchev–Trinajstić information content (AvgIpc) is 2.95. The highest BCUT2D eigenvalue weighted by Crippen LogP contribution is 2.38. The molecule has 0 aromatic heterocycles. The van der Waals surface area contributed by atoms with E-state index in [1.54, 1.807) is 17.0 Å². The van der Waals surface area contributed by atoms with Crippen molar-refractivity contribution in [1.29, 1.82) is 0 Å². The minimum atomic E-state index is -0.860. The molecule has 2 aliphatic rings. The van der Waals surface area contributed by atoms with Crippen molar-refractivity contribution in [3.63, 3.8) is 0 Å². The zero-order valence-corrected chi connectivity index (χ0v) is 21.8. The number of nitrogens with two attached hydrogens (primary N) is 1. The van der Waals surface area contributed by atoms with E-state index < -0.39 is 11.9 Å². The van der Waals surface area contributed by atoms with Gasteiger partial charge in [0.2, 0.25) is 11.8 Å². The van der Waals surface area contributed by atoms with Gasteiger partial charge in [0.05, 0.1) is 6.61 Å². The van der Waals surface area contributed by atoms with Gasteiger partial charge in [-0.05, 0) is 35.4 Å². The predicted octanol–water partition coefficient (Wildman–Crippen LogP) is 2.55. The molecule has 1 saturated heterocycles. The zero-order valence-electron chi connectivity index (χ0n) is 21.8. The molecule has 9 heteroatoms. The van der Waals surface area contributed by atoms with Crippen LogP contribution < -0.4 is 11.1 Å². The van der Waals surface area contributed by atoms with Gasteiger partial charge in [0.15, 0.2) is 0 Å². The van der Waals surface area contributed by atoms with Crippen LogP contribution in [-0.4, -0.2) is 72.1 Å². The molecule has 0 bridgehead atoms. The van der Waals surface area contributed by atoms with Gasteiger partial charge in [-0.3, -0.25) is 14.5 Å². The summed E-state index contributed by atoms with van der Waals surface area (Å²) < 4.78 is 5.53. The van der Waals surface area contributed by atoms with Crippen LogP contribution in [-0.2, 0) is 20.9 Å². The normalized spacial score (nSPS) is 20.9. The number of primary amides is 1. The smallest absolute Gasteiger partial charge is 0.410 e. The zero-order chi connectivity index (χ0) is 26.9. The fourth-order valence-electron chi connectivity index (χ4n) is 5.45. The number of ether oxygens (including phenoxy) is 1. The molecule has 1 aliphatic carbocycles. The first-order chi connectivity index (χ1) is 18.5. The number of nitrogens with one attached hydrogen (secondary N) is 1.